The van der Waals surface area contributed by atoms with Crippen molar-refractivity contribution in [2.75, 3.05) is 12.4 Å². The van der Waals surface area contributed by atoms with Crippen LogP contribution in [0.2, 0.25) is 0 Å². The molecule has 1 heterocycles. The van der Waals surface area contributed by atoms with E-state index in [0.29, 0.717) is 11.4 Å². The van der Waals surface area contributed by atoms with Gasteiger partial charge in [-0.05, 0) is 12.1 Å². The number of hydrogen-bond donors (Lipinski definition) is 1. The molecule has 0 aliphatic rings. The monoisotopic (exact) mass is 133 g/mol. The highest BCUT2D eigenvalue weighted by Crippen LogP contribution is 2.07. The third-order valence-electron chi connectivity index (χ3n) is 1.16. The lowest BCUT2D eigenvalue weighted by Gasteiger charge is -1.97. The van der Waals surface area contributed by atoms with Crippen LogP contribution in [0.25, 0.3) is 0 Å². The van der Waals surface area contributed by atoms with Crippen LogP contribution < -0.4 is 5.32 Å². The average Bonchev–Trinajstić information content (AvgIpc) is 2.04. The molecule has 50 valence electrons. The van der Waals surface area contributed by atoms with Crippen molar-refractivity contribution in [3.05, 3.63) is 23.9 Å². The van der Waals surface area contributed by atoms with Gasteiger partial charge < -0.3 is 5.32 Å². The van der Waals surface area contributed by atoms with E-state index >= 15 is 0 Å². The highest BCUT2D eigenvalue weighted by molar-refractivity contribution is 5.50. The van der Waals surface area contributed by atoms with E-state index in [1.807, 2.05) is 6.07 Å². The number of nitriles is 1. The summed E-state index contributed by atoms with van der Waals surface area (Å²) in [4.78, 5) is 3.93. The van der Waals surface area contributed by atoms with Crippen molar-refractivity contribution in [3.63, 3.8) is 0 Å². The number of hydrogen-bond acceptors (Lipinski definition) is 3. The van der Waals surface area contributed by atoms with Crippen LogP contribution in [0.4, 0.5) is 5.82 Å². The minimum absolute atomic E-state index is 0.574. The summed E-state index contributed by atoms with van der Waals surface area (Å²) < 4.78 is 0. The fourth-order valence-electron chi connectivity index (χ4n) is 0.695. The minimum atomic E-state index is 0.574. The van der Waals surface area contributed by atoms with E-state index in [1.165, 1.54) is 0 Å². The van der Waals surface area contributed by atoms with Crippen LogP contribution in [-0.4, -0.2) is 12.0 Å². The summed E-state index contributed by atoms with van der Waals surface area (Å²) in [6.07, 6.45) is 1.65. The predicted octanol–water partition coefficient (Wildman–Crippen LogP) is 0.995. The van der Waals surface area contributed by atoms with E-state index in [4.69, 9.17) is 5.26 Å². The Bertz CT molecular complexity index is 262. The second kappa shape index (κ2) is 2.83. The van der Waals surface area contributed by atoms with Gasteiger partial charge in [0, 0.05) is 13.2 Å². The molecule has 3 heteroatoms. The Labute approximate surface area is 59.3 Å². The van der Waals surface area contributed by atoms with E-state index < -0.39 is 0 Å². The topological polar surface area (TPSA) is 48.7 Å². The van der Waals surface area contributed by atoms with E-state index in [0.717, 1.165) is 0 Å². The first-order chi connectivity index (χ1) is 4.88. The molecule has 1 aromatic heterocycles. The first kappa shape index (κ1) is 6.56. The molecule has 1 aromatic rings. The fraction of sp³-hybridized carbons (Fsp3) is 0.143. The Morgan fingerprint density at radius 3 is 3.00 bits per heavy atom. The molecule has 0 saturated carbocycles. The number of anilines is 1. The van der Waals surface area contributed by atoms with Crippen LogP contribution in [0.5, 0.6) is 0 Å². The summed E-state index contributed by atoms with van der Waals surface area (Å²) in [6, 6.07) is 5.48. The van der Waals surface area contributed by atoms with Crippen LogP contribution in [0.1, 0.15) is 5.56 Å². The lowest BCUT2D eigenvalue weighted by Crippen LogP contribution is -1.94. The molecule has 3 nitrogen and oxygen atoms in total. The van der Waals surface area contributed by atoms with Crippen LogP contribution in [-0.2, 0) is 0 Å². The third kappa shape index (κ3) is 1.06. The van der Waals surface area contributed by atoms with Gasteiger partial charge in [-0.15, -0.1) is 0 Å². The van der Waals surface area contributed by atoms with Crippen molar-refractivity contribution in [2.45, 2.75) is 0 Å². The van der Waals surface area contributed by atoms with E-state index in [-0.39, 0.29) is 0 Å². The summed E-state index contributed by atoms with van der Waals surface area (Å²) in [5, 5.41) is 11.3. The second-order valence-corrected chi connectivity index (χ2v) is 1.76. The molecule has 0 atom stereocenters. The zero-order valence-corrected chi connectivity index (χ0v) is 5.63. The molecule has 0 unspecified atom stereocenters. The van der Waals surface area contributed by atoms with Gasteiger partial charge in [0.25, 0.3) is 0 Å². The van der Waals surface area contributed by atoms with Gasteiger partial charge in [0.05, 0.1) is 5.56 Å². The highest BCUT2D eigenvalue weighted by Gasteiger charge is 1.96. The normalized spacial score (nSPS) is 8.40. The highest BCUT2D eigenvalue weighted by atomic mass is 15.0. The largest absolute Gasteiger partial charge is 0.372 e. The SMILES string of the molecule is CNc1ncccc1C#N. The van der Waals surface area contributed by atoms with Crippen LogP contribution in [0, 0.1) is 11.3 Å². The fourth-order valence-corrected chi connectivity index (χ4v) is 0.695. The third-order valence-corrected chi connectivity index (χ3v) is 1.16. The van der Waals surface area contributed by atoms with Gasteiger partial charge in [-0.1, -0.05) is 0 Å². The number of rotatable bonds is 1. The molecule has 1 rings (SSSR count). The Morgan fingerprint density at radius 2 is 2.50 bits per heavy atom. The summed E-state index contributed by atoms with van der Waals surface area (Å²) in [6.45, 7) is 0. The van der Waals surface area contributed by atoms with Crippen molar-refractivity contribution in [3.8, 4) is 6.07 Å². The van der Waals surface area contributed by atoms with Crippen LogP contribution >= 0.6 is 0 Å². The molecule has 0 aliphatic carbocycles. The number of pyridine rings is 1. The Kier molecular flexibility index (Phi) is 1.86. The summed E-state index contributed by atoms with van der Waals surface area (Å²) in [5.41, 5.74) is 0.574. The lowest BCUT2D eigenvalue weighted by atomic mass is 10.3. The maximum absolute atomic E-state index is 8.52. The van der Waals surface area contributed by atoms with Gasteiger partial charge in [0.2, 0.25) is 0 Å². The molecule has 0 aliphatic heterocycles. The molecule has 1 N–H and O–H groups in total. The first-order valence-electron chi connectivity index (χ1n) is 2.91. The minimum Gasteiger partial charge on any atom is -0.372 e. The predicted molar refractivity (Wildman–Crippen MR) is 38.5 cm³/mol. The van der Waals surface area contributed by atoms with E-state index in [1.54, 1.807) is 25.4 Å². The molecule has 0 saturated heterocycles. The standard InChI is InChI=1S/C7H7N3/c1-9-7-6(5-8)3-2-4-10-7/h2-4H,1H3,(H,9,10). The number of nitrogens with one attached hydrogen (secondary N) is 1. The molecule has 0 bridgehead atoms. The van der Waals surface area contributed by atoms with Crippen LogP contribution in [0.15, 0.2) is 18.3 Å². The summed E-state index contributed by atoms with van der Waals surface area (Å²) in [5.74, 6) is 0.630. The van der Waals surface area contributed by atoms with Gasteiger partial charge >= 0.3 is 0 Å². The molecular weight excluding hydrogens is 126 g/mol. The van der Waals surface area contributed by atoms with Gasteiger partial charge in [-0.25, -0.2) is 4.98 Å². The Hall–Kier alpha value is -1.56. The number of aromatic nitrogens is 1. The smallest absolute Gasteiger partial charge is 0.143 e. The van der Waals surface area contributed by atoms with Crippen molar-refractivity contribution in [1.82, 2.24) is 4.98 Å². The molecule has 0 amide bonds. The second-order valence-electron chi connectivity index (χ2n) is 1.76. The molecule has 0 spiro atoms. The maximum Gasteiger partial charge on any atom is 0.143 e. The quantitative estimate of drug-likeness (QED) is 0.621. The molecular formula is C7H7N3. The van der Waals surface area contributed by atoms with Crippen molar-refractivity contribution in [1.29, 1.82) is 5.26 Å². The molecule has 0 aromatic carbocycles. The Balaban J connectivity index is 3.12. The molecule has 10 heavy (non-hydrogen) atoms. The van der Waals surface area contributed by atoms with Crippen LogP contribution in [0.3, 0.4) is 0 Å². The Morgan fingerprint density at radius 1 is 1.70 bits per heavy atom. The van der Waals surface area contributed by atoms with Crippen molar-refractivity contribution >= 4 is 5.82 Å². The van der Waals surface area contributed by atoms with E-state index in [2.05, 4.69) is 10.3 Å². The molecule has 0 fully saturated rings. The van der Waals surface area contributed by atoms with Gasteiger partial charge in [0.15, 0.2) is 0 Å². The van der Waals surface area contributed by atoms with Crippen molar-refractivity contribution < 1.29 is 0 Å². The zero-order valence-electron chi connectivity index (χ0n) is 5.63. The zero-order chi connectivity index (χ0) is 7.40. The lowest BCUT2D eigenvalue weighted by molar-refractivity contribution is 1.27. The van der Waals surface area contributed by atoms with Gasteiger partial charge in [-0.2, -0.15) is 5.26 Å². The first-order valence-corrected chi connectivity index (χ1v) is 2.91. The van der Waals surface area contributed by atoms with Gasteiger partial charge in [0.1, 0.15) is 11.9 Å². The maximum atomic E-state index is 8.52. The van der Waals surface area contributed by atoms with E-state index in [9.17, 15) is 0 Å². The summed E-state index contributed by atoms with van der Waals surface area (Å²) >= 11 is 0. The van der Waals surface area contributed by atoms with Crippen molar-refractivity contribution in [2.24, 2.45) is 0 Å². The number of nitrogens with zero attached hydrogens (tertiary/aromatic N) is 2. The summed E-state index contributed by atoms with van der Waals surface area (Å²) in [7, 11) is 1.74. The molecule has 0 radical (unpaired) electrons. The van der Waals surface area contributed by atoms with Gasteiger partial charge in [-0.3, -0.25) is 0 Å². The average molecular weight is 133 g/mol.